The molecule has 2 aromatic heterocycles. The first kappa shape index (κ1) is 17.5. The first-order valence-electron chi connectivity index (χ1n) is 8.88. The number of pyridine rings is 1. The Morgan fingerprint density at radius 3 is 2.56 bits per heavy atom. The van der Waals surface area contributed by atoms with Gasteiger partial charge in [-0.3, -0.25) is 4.90 Å². The van der Waals surface area contributed by atoms with Crippen LogP contribution >= 0.6 is 0 Å². The maximum atomic E-state index is 6.02. The normalized spacial score (nSPS) is 12.2. The van der Waals surface area contributed by atoms with Gasteiger partial charge in [0.1, 0.15) is 5.65 Å². The van der Waals surface area contributed by atoms with Crippen molar-refractivity contribution >= 4 is 11.3 Å². The summed E-state index contributed by atoms with van der Waals surface area (Å²) in [4.78, 5) is 7.38. The summed E-state index contributed by atoms with van der Waals surface area (Å²) < 4.78 is 2.22. The van der Waals surface area contributed by atoms with Crippen LogP contribution in [0.5, 0.6) is 0 Å². The summed E-state index contributed by atoms with van der Waals surface area (Å²) in [5.74, 6) is 0. The molecule has 4 nitrogen and oxygen atoms in total. The van der Waals surface area contributed by atoms with Crippen molar-refractivity contribution in [3.63, 3.8) is 0 Å². The molecule has 0 saturated heterocycles. The lowest BCUT2D eigenvalue weighted by Gasteiger charge is -2.34. The van der Waals surface area contributed by atoms with Crippen LogP contribution in [-0.2, 0) is 6.54 Å². The van der Waals surface area contributed by atoms with Gasteiger partial charge in [-0.25, -0.2) is 4.98 Å². The fourth-order valence-corrected chi connectivity index (χ4v) is 3.27. The molecule has 0 aliphatic heterocycles. The van der Waals surface area contributed by atoms with E-state index in [1.165, 1.54) is 11.3 Å². The number of nitrogen functional groups attached to an aromatic ring is 1. The fourth-order valence-electron chi connectivity index (χ4n) is 3.27. The van der Waals surface area contributed by atoms with Crippen molar-refractivity contribution in [1.29, 1.82) is 0 Å². The largest absolute Gasteiger partial charge is 0.399 e. The first-order valence-corrected chi connectivity index (χ1v) is 8.88. The van der Waals surface area contributed by atoms with Crippen molar-refractivity contribution in [1.82, 2.24) is 14.3 Å². The first-order chi connectivity index (χ1) is 11.8. The molecule has 0 fully saturated rings. The number of benzene rings is 1. The van der Waals surface area contributed by atoms with Gasteiger partial charge in [-0.2, -0.15) is 0 Å². The summed E-state index contributed by atoms with van der Waals surface area (Å²) in [5.41, 5.74) is 12.4. The number of imidazole rings is 1. The van der Waals surface area contributed by atoms with E-state index in [4.69, 9.17) is 10.7 Å². The molecule has 3 aromatic rings. The van der Waals surface area contributed by atoms with Crippen molar-refractivity contribution in [2.45, 2.75) is 46.7 Å². The highest BCUT2D eigenvalue weighted by Gasteiger charge is 2.23. The quantitative estimate of drug-likeness (QED) is 0.713. The molecule has 0 amide bonds. The molecule has 2 N–H and O–H groups in total. The predicted molar refractivity (Wildman–Crippen MR) is 106 cm³/mol. The summed E-state index contributed by atoms with van der Waals surface area (Å²) in [6, 6.07) is 12.2. The van der Waals surface area contributed by atoms with Gasteiger partial charge in [0.2, 0.25) is 0 Å². The maximum Gasteiger partial charge on any atom is 0.137 e. The highest BCUT2D eigenvalue weighted by Crippen LogP contribution is 2.29. The minimum Gasteiger partial charge on any atom is -0.399 e. The van der Waals surface area contributed by atoms with Crippen LogP contribution in [0.15, 0.2) is 42.6 Å². The summed E-state index contributed by atoms with van der Waals surface area (Å²) in [5, 5.41) is 0. The van der Waals surface area contributed by atoms with E-state index < -0.39 is 0 Å². The Hall–Kier alpha value is -2.33. The molecule has 0 spiro atoms. The average Bonchev–Trinajstić information content (AvgIpc) is 2.89. The van der Waals surface area contributed by atoms with Gasteiger partial charge in [-0.15, -0.1) is 0 Å². The number of anilines is 1. The molecule has 0 atom stereocenters. The molecule has 0 bridgehead atoms. The minimum absolute atomic E-state index is 0.0930. The van der Waals surface area contributed by atoms with Crippen LogP contribution in [0.4, 0.5) is 5.69 Å². The van der Waals surface area contributed by atoms with Crippen LogP contribution in [0.3, 0.4) is 0 Å². The number of hydrogen-bond donors (Lipinski definition) is 1. The Kier molecular flexibility index (Phi) is 4.56. The third kappa shape index (κ3) is 3.54. The zero-order chi connectivity index (χ0) is 18.2. The SMILES string of the molecule is CCN(Cc1c(-c2cccc(N)c2)nc2ccc(C)cn12)C(C)(C)C. The average molecular weight is 336 g/mol. The Labute approximate surface area is 150 Å². The molecule has 0 saturated carbocycles. The molecule has 132 valence electrons. The molecule has 25 heavy (non-hydrogen) atoms. The second-order valence-corrected chi connectivity index (χ2v) is 7.65. The van der Waals surface area contributed by atoms with E-state index >= 15 is 0 Å². The van der Waals surface area contributed by atoms with Gasteiger partial charge in [-0.1, -0.05) is 25.1 Å². The summed E-state index contributed by atoms with van der Waals surface area (Å²) in [7, 11) is 0. The topological polar surface area (TPSA) is 46.6 Å². The van der Waals surface area contributed by atoms with Crippen molar-refractivity contribution in [3.05, 3.63) is 53.9 Å². The Balaban J connectivity index is 2.19. The van der Waals surface area contributed by atoms with Crippen molar-refractivity contribution < 1.29 is 0 Å². The highest BCUT2D eigenvalue weighted by molar-refractivity contribution is 5.69. The zero-order valence-corrected chi connectivity index (χ0v) is 15.9. The lowest BCUT2D eigenvalue weighted by atomic mass is 10.0. The summed E-state index contributed by atoms with van der Waals surface area (Å²) in [6.45, 7) is 12.9. The third-order valence-corrected chi connectivity index (χ3v) is 4.70. The molecule has 4 heteroatoms. The number of fused-ring (bicyclic) bond motifs is 1. The van der Waals surface area contributed by atoms with Crippen LogP contribution < -0.4 is 5.73 Å². The molecule has 0 aliphatic carbocycles. The number of hydrogen-bond acceptors (Lipinski definition) is 3. The van der Waals surface area contributed by atoms with Crippen molar-refractivity contribution in [3.8, 4) is 11.3 Å². The van der Waals surface area contributed by atoms with E-state index in [0.29, 0.717) is 0 Å². The summed E-state index contributed by atoms with van der Waals surface area (Å²) in [6.07, 6.45) is 2.17. The smallest absolute Gasteiger partial charge is 0.137 e. The number of rotatable bonds is 4. The van der Waals surface area contributed by atoms with Crippen LogP contribution in [0.2, 0.25) is 0 Å². The van der Waals surface area contributed by atoms with Gasteiger partial charge in [-0.05, 0) is 58.0 Å². The zero-order valence-electron chi connectivity index (χ0n) is 15.9. The van der Waals surface area contributed by atoms with Gasteiger partial charge < -0.3 is 10.1 Å². The minimum atomic E-state index is 0.0930. The molecular weight excluding hydrogens is 308 g/mol. The number of nitrogens with two attached hydrogens (primary N) is 1. The lowest BCUT2D eigenvalue weighted by Crippen LogP contribution is -2.40. The van der Waals surface area contributed by atoms with Crippen LogP contribution in [0.25, 0.3) is 16.9 Å². The van der Waals surface area contributed by atoms with Crippen molar-refractivity contribution in [2.75, 3.05) is 12.3 Å². The van der Waals surface area contributed by atoms with E-state index in [0.717, 1.165) is 35.7 Å². The highest BCUT2D eigenvalue weighted by atomic mass is 15.2. The van der Waals surface area contributed by atoms with Gasteiger partial charge in [0.05, 0.1) is 11.4 Å². The molecular formula is C21H28N4. The van der Waals surface area contributed by atoms with Crippen LogP contribution in [0.1, 0.15) is 39.0 Å². The van der Waals surface area contributed by atoms with Crippen molar-refractivity contribution in [2.24, 2.45) is 0 Å². The lowest BCUT2D eigenvalue weighted by molar-refractivity contribution is 0.134. The number of nitrogens with zero attached hydrogens (tertiary/aromatic N) is 3. The molecule has 0 radical (unpaired) electrons. The monoisotopic (exact) mass is 336 g/mol. The van der Waals surface area contributed by atoms with E-state index in [1.807, 2.05) is 18.2 Å². The fraction of sp³-hybridized carbons (Fsp3) is 0.381. The van der Waals surface area contributed by atoms with Crippen LogP contribution in [-0.4, -0.2) is 26.4 Å². The second kappa shape index (κ2) is 6.52. The number of aryl methyl sites for hydroxylation is 1. The predicted octanol–water partition coefficient (Wildman–Crippen LogP) is 4.51. The van der Waals surface area contributed by atoms with Gasteiger partial charge in [0, 0.05) is 29.5 Å². The standard InChI is InChI=1S/C21H28N4/c1-6-24(21(3,4)5)14-18-20(16-8-7-9-17(22)12-16)23-19-11-10-15(2)13-25(18)19/h7-13H,6,14,22H2,1-5H3. The molecule has 2 heterocycles. The third-order valence-electron chi connectivity index (χ3n) is 4.70. The van der Waals surface area contributed by atoms with E-state index in [1.54, 1.807) is 0 Å². The molecule has 0 aliphatic rings. The molecule has 1 aromatic carbocycles. The Bertz CT molecular complexity index is 887. The summed E-state index contributed by atoms with van der Waals surface area (Å²) >= 11 is 0. The van der Waals surface area contributed by atoms with Crippen LogP contribution in [0, 0.1) is 6.92 Å². The Morgan fingerprint density at radius 2 is 1.92 bits per heavy atom. The molecule has 0 unspecified atom stereocenters. The van der Waals surface area contributed by atoms with E-state index in [9.17, 15) is 0 Å². The number of aromatic nitrogens is 2. The Morgan fingerprint density at radius 1 is 1.16 bits per heavy atom. The van der Waals surface area contributed by atoms with Gasteiger partial charge >= 0.3 is 0 Å². The maximum absolute atomic E-state index is 6.02. The van der Waals surface area contributed by atoms with E-state index in [-0.39, 0.29) is 5.54 Å². The van der Waals surface area contributed by atoms with Gasteiger partial charge in [0.25, 0.3) is 0 Å². The second-order valence-electron chi connectivity index (χ2n) is 7.65. The van der Waals surface area contributed by atoms with E-state index in [2.05, 4.69) is 68.3 Å². The molecule has 3 rings (SSSR count). The van der Waals surface area contributed by atoms with Gasteiger partial charge in [0.15, 0.2) is 0 Å².